The average Bonchev–Trinajstić information content (AvgIpc) is 2.34. The van der Waals surface area contributed by atoms with Gasteiger partial charge >= 0.3 is 5.97 Å². The number of hydrogen-bond acceptors (Lipinski definition) is 4. The van der Waals surface area contributed by atoms with Gasteiger partial charge in [0.05, 0.1) is 6.61 Å². The molecular formula is C15H21NO4. The van der Waals surface area contributed by atoms with E-state index in [1.165, 1.54) is 6.92 Å². The second-order valence-corrected chi connectivity index (χ2v) is 4.79. The summed E-state index contributed by atoms with van der Waals surface area (Å²) in [5.41, 5.74) is 2.35. The number of aryl methyl sites for hydroxylation is 2. The highest BCUT2D eigenvalue weighted by atomic mass is 16.5. The van der Waals surface area contributed by atoms with Crippen LogP contribution in [0.4, 0.5) is 0 Å². The smallest absolute Gasteiger partial charge is 0.328 e. The maximum Gasteiger partial charge on any atom is 0.328 e. The number of ether oxygens (including phenoxy) is 1. The van der Waals surface area contributed by atoms with Crippen LogP contribution in [0.1, 0.15) is 30.5 Å². The SMILES string of the molecule is CCOC(=O)C(Cc1cc(C)c(O)c(C)c1)NC(C)=O. The zero-order valence-electron chi connectivity index (χ0n) is 12.3. The van der Waals surface area contributed by atoms with Gasteiger partial charge in [-0.1, -0.05) is 12.1 Å². The summed E-state index contributed by atoms with van der Waals surface area (Å²) < 4.78 is 4.96. The van der Waals surface area contributed by atoms with Crippen LogP contribution >= 0.6 is 0 Å². The largest absolute Gasteiger partial charge is 0.507 e. The Morgan fingerprint density at radius 1 is 1.30 bits per heavy atom. The zero-order valence-corrected chi connectivity index (χ0v) is 12.3. The van der Waals surface area contributed by atoms with Gasteiger partial charge in [-0.15, -0.1) is 0 Å². The molecular weight excluding hydrogens is 258 g/mol. The van der Waals surface area contributed by atoms with Gasteiger partial charge < -0.3 is 15.2 Å². The molecule has 0 aliphatic rings. The van der Waals surface area contributed by atoms with Gasteiger partial charge in [-0.3, -0.25) is 4.79 Å². The Balaban J connectivity index is 2.94. The maximum absolute atomic E-state index is 11.8. The van der Waals surface area contributed by atoms with Gasteiger partial charge in [0.25, 0.3) is 0 Å². The number of hydrogen-bond donors (Lipinski definition) is 2. The van der Waals surface area contributed by atoms with Gasteiger partial charge in [-0.2, -0.15) is 0 Å². The third-order valence-electron chi connectivity index (χ3n) is 2.94. The number of carbonyl (C=O) groups excluding carboxylic acids is 2. The van der Waals surface area contributed by atoms with Crippen molar-refractivity contribution in [1.82, 2.24) is 5.32 Å². The van der Waals surface area contributed by atoms with E-state index in [1.807, 2.05) is 0 Å². The standard InChI is InChI=1S/C15H21NO4/c1-5-20-15(19)13(16-11(4)17)8-12-6-9(2)14(18)10(3)7-12/h6-7,13,18H,5,8H2,1-4H3,(H,16,17). The van der Waals surface area contributed by atoms with Gasteiger partial charge in [0.1, 0.15) is 11.8 Å². The van der Waals surface area contributed by atoms with Crippen molar-refractivity contribution < 1.29 is 19.4 Å². The first-order valence-corrected chi connectivity index (χ1v) is 6.58. The minimum Gasteiger partial charge on any atom is -0.507 e. The van der Waals surface area contributed by atoms with Crippen LogP contribution in [0.2, 0.25) is 0 Å². The average molecular weight is 279 g/mol. The molecule has 0 aliphatic heterocycles. The number of benzene rings is 1. The highest BCUT2D eigenvalue weighted by Gasteiger charge is 2.21. The number of phenols is 1. The van der Waals surface area contributed by atoms with Crippen molar-refractivity contribution in [3.05, 3.63) is 28.8 Å². The molecule has 2 N–H and O–H groups in total. The molecule has 0 saturated heterocycles. The van der Waals surface area contributed by atoms with Gasteiger partial charge in [0.2, 0.25) is 5.91 Å². The summed E-state index contributed by atoms with van der Waals surface area (Å²) >= 11 is 0. The van der Waals surface area contributed by atoms with E-state index >= 15 is 0 Å². The van der Waals surface area contributed by atoms with Crippen molar-refractivity contribution in [3.63, 3.8) is 0 Å². The molecule has 0 saturated carbocycles. The molecule has 1 rings (SSSR count). The van der Waals surface area contributed by atoms with Crippen LogP contribution in [0.5, 0.6) is 5.75 Å². The third kappa shape index (κ3) is 4.26. The number of phenolic OH excluding ortho intramolecular Hbond substituents is 1. The van der Waals surface area contributed by atoms with E-state index in [0.717, 1.165) is 16.7 Å². The van der Waals surface area contributed by atoms with E-state index < -0.39 is 12.0 Å². The minimum absolute atomic E-state index is 0.251. The van der Waals surface area contributed by atoms with Crippen molar-refractivity contribution in [2.24, 2.45) is 0 Å². The first-order valence-electron chi connectivity index (χ1n) is 6.58. The summed E-state index contributed by atoms with van der Waals surface area (Å²) in [6.07, 6.45) is 0.334. The second-order valence-electron chi connectivity index (χ2n) is 4.79. The van der Waals surface area contributed by atoms with E-state index in [4.69, 9.17) is 4.74 Å². The fraction of sp³-hybridized carbons (Fsp3) is 0.467. The Hall–Kier alpha value is -2.04. The highest BCUT2D eigenvalue weighted by Crippen LogP contribution is 2.23. The number of amides is 1. The third-order valence-corrected chi connectivity index (χ3v) is 2.94. The van der Waals surface area contributed by atoms with Gasteiger partial charge in [0, 0.05) is 13.3 Å². The molecule has 1 aromatic carbocycles. The van der Waals surface area contributed by atoms with Gasteiger partial charge in [-0.05, 0) is 37.5 Å². The van der Waals surface area contributed by atoms with Crippen LogP contribution in [0.25, 0.3) is 0 Å². The lowest BCUT2D eigenvalue weighted by Gasteiger charge is -2.17. The van der Waals surface area contributed by atoms with Crippen LogP contribution in [-0.4, -0.2) is 29.6 Å². The molecule has 1 atom stereocenters. The summed E-state index contributed by atoms with van der Waals surface area (Å²) in [5, 5.41) is 12.3. The molecule has 110 valence electrons. The zero-order chi connectivity index (χ0) is 15.3. The van der Waals surface area contributed by atoms with Crippen molar-refractivity contribution in [2.75, 3.05) is 6.61 Å². The lowest BCUT2D eigenvalue weighted by Crippen LogP contribution is -2.42. The van der Waals surface area contributed by atoms with Crippen molar-refractivity contribution in [1.29, 1.82) is 0 Å². The predicted molar refractivity (Wildman–Crippen MR) is 75.5 cm³/mol. The molecule has 0 bridgehead atoms. The fourth-order valence-electron chi connectivity index (χ4n) is 2.08. The normalized spacial score (nSPS) is 11.8. The lowest BCUT2D eigenvalue weighted by molar-refractivity contribution is -0.147. The maximum atomic E-state index is 11.8. The molecule has 1 aromatic rings. The molecule has 0 spiro atoms. The molecule has 0 fully saturated rings. The van der Waals surface area contributed by atoms with E-state index in [2.05, 4.69) is 5.32 Å². The topological polar surface area (TPSA) is 75.6 Å². The monoisotopic (exact) mass is 279 g/mol. The van der Waals surface area contributed by atoms with E-state index in [-0.39, 0.29) is 18.3 Å². The Labute approximate surface area is 118 Å². The molecule has 1 unspecified atom stereocenters. The summed E-state index contributed by atoms with van der Waals surface area (Å²) in [6.45, 7) is 6.94. The van der Waals surface area contributed by atoms with Crippen LogP contribution in [-0.2, 0) is 20.7 Å². The van der Waals surface area contributed by atoms with Crippen LogP contribution < -0.4 is 5.32 Å². The molecule has 0 aliphatic carbocycles. The number of rotatable bonds is 5. The van der Waals surface area contributed by atoms with Crippen LogP contribution in [0.15, 0.2) is 12.1 Å². The van der Waals surface area contributed by atoms with E-state index in [9.17, 15) is 14.7 Å². The molecule has 5 nitrogen and oxygen atoms in total. The lowest BCUT2D eigenvalue weighted by atomic mass is 10.00. The Kier molecular flexibility index (Phi) is 5.55. The summed E-state index contributed by atoms with van der Waals surface area (Å²) in [4.78, 5) is 23.0. The number of aromatic hydroxyl groups is 1. The van der Waals surface area contributed by atoms with E-state index in [0.29, 0.717) is 6.42 Å². The predicted octanol–water partition coefficient (Wildman–Crippen LogP) is 1.62. The van der Waals surface area contributed by atoms with Crippen LogP contribution in [0.3, 0.4) is 0 Å². The number of carbonyl (C=O) groups is 2. The molecule has 0 heterocycles. The van der Waals surface area contributed by atoms with Crippen molar-refractivity contribution >= 4 is 11.9 Å². The van der Waals surface area contributed by atoms with E-state index in [1.54, 1.807) is 32.9 Å². The van der Waals surface area contributed by atoms with Crippen LogP contribution in [0, 0.1) is 13.8 Å². The second kappa shape index (κ2) is 6.93. The summed E-state index contributed by atoms with van der Waals surface area (Å²) in [6, 6.07) is 2.89. The van der Waals surface area contributed by atoms with Gasteiger partial charge in [-0.25, -0.2) is 4.79 Å². The molecule has 1 amide bonds. The number of esters is 1. The van der Waals surface area contributed by atoms with Crippen molar-refractivity contribution in [3.8, 4) is 5.75 Å². The summed E-state index contributed by atoms with van der Waals surface area (Å²) in [5.74, 6) is -0.484. The Morgan fingerprint density at radius 3 is 2.30 bits per heavy atom. The Bertz CT molecular complexity index is 488. The van der Waals surface area contributed by atoms with Gasteiger partial charge in [0.15, 0.2) is 0 Å². The summed E-state index contributed by atoms with van der Waals surface area (Å²) in [7, 11) is 0. The molecule has 5 heteroatoms. The fourth-order valence-corrected chi connectivity index (χ4v) is 2.08. The first kappa shape index (κ1) is 16.0. The highest BCUT2D eigenvalue weighted by molar-refractivity contribution is 5.83. The quantitative estimate of drug-likeness (QED) is 0.803. The minimum atomic E-state index is -0.712. The number of nitrogens with one attached hydrogen (secondary N) is 1. The molecule has 0 aromatic heterocycles. The first-order chi connectivity index (χ1) is 9.35. The molecule has 0 radical (unpaired) electrons. The van der Waals surface area contributed by atoms with Crippen molar-refractivity contribution in [2.45, 2.75) is 40.2 Å². The Morgan fingerprint density at radius 2 is 1.85 bits per heavy atom. The molecule has 20 heavy (non-hydrogen) atoms.